The topological polar surface area (TPSA) is 69.7 Å². The van der Waals surface area contributed by atoms with Crippen molar-refractivity contribution in [1.29, 1.82) is 0 Å². The number of aryl methyl sites for hydroxylation is 1. The third kappa shape index (κ3) is 4.03. The SMILES string of the molecule is Cc1cc(N2CCCC2)c(F)cc1C=C1C(=O)NC(=O)N(c2ccc(Cl)cc2Cl)C1=O. The van der Waals surface area contributed by atoms with E-state index >= 15 is 0 Å². The number of imide groups is 2. The average molecular weight is 462 g/mol. The van der Waals surface area contributed by atoms with Crippen LogP contribution < -0.4 is 15.1 Å². The summed E-state index contributed by atoms with van der Waals surface area (Å²) >= 11 is 12.0. The fourth-order valence-corrected chi connectivity index (χ4v) is 4.22. The fourth-order valence-electron chi connectivity index (χ4n) is 3.73. The minimum atomic E-state index is -0.927. The molecular formula is C22H18Cl2FN3O3. The lowest BCUT2D eigenvalue weighted by molar-refractivity contribution is -0.122. The van der Waals surface area contributed by atoms with E-state index in [4.69, 9.17) is 23.2 Å². The maximum absolute atomic E-state index is 14.8. The Kier molecular flexibility index (Phi) is 5.73. The number of carbonyl (C=O) groups is 3. The van der Waals surface area contributed by atoms with Gasteiger partial charge < -0.3 is 4.90 Å². The largest absolute Gasteiger partial charge is 0.369 e. The predicted molar refractivity (Wildman–Crippen MR) is 118 cm³/mol. The maximum atomic E-state index is 14.8. The molecular weight excluding hydrogens is 444 g/mol. The number of rotatable bonds is 3. The van der Waals surface area contributed by atoms with Gasteiger partial charge in [-0.3, -0.25) is 14.9 Å². The number of carbonyl (C=O) groups excluding carboxylic acids is 3. The molecule has 9 heteroatoms. The Morgan fingerprint density at radius 2 is 1.74 bits per heavy atom. The summed E-state index contributed by atoms with van der Waals surface area (Å²) in [7, 11) is 0. The number of amides is 4. The van der Waals surface area contributed by atoms with E-state index in [1.165, 1.54) is 30.3 Å². The third-order valence-corrected chi connectivity index (χ3v) is 5.87. The van der Waals surface area contributed by atoms with Crippen molar-refractivity contribution in [2.24, 2.45) is 0 Å². The Balaban J connectivity index is 1.72. The van der Waals surface area contributed by atoms with Crippen LogP contribution in [0.15, 0.2) is 35.9 Å². The number of barbiturate groups is 1. The van der Waals surface area contributed by atoms with Crippen molar-refractivity contribution in [2.75, 3.05) is 22.9 Å². The highest BCUT2D eigenvalue weighted by Gasteiger charge is 2.38. The molecule has 6 nitrogen and oxygen atoms in total. The highest BCUT2D eigenvalue weighted by molar-refractivity contribution is 6.42. The molecule has 2 fully saturated rings. The van der Waals surface area contributed by atoms with Gasteiger partial charge in [-0.05, 0) is 67.3 Å². The Labute approximate surface area is 188 Å². The fraction of sp³-hybridized carbons (Fsp3) is 0.227. The molecule has 4 rings (SSSR count). The van der Waals surface area contributed by atoms with Gasteiger partial charge in [0.1, 0.15) is 11.4 Å². The third-order valence-electron chi connectivity index (χ3n) is 5.33. The number of hydrogen-bond donors (Lipinski definition) is 1. The maximum Gasteiger partial charge on any atom is 0.335 e. The van der Waals surface area contributed by atoms with E-state index in [2.05, 4.69) is 5.32 Å². The van der Waals surface area contributed by atoms with Gasteiger partial charge in [-0.15, -0.1) is 0 Å². The van der Waals surface area contributed by atoms with Crippen LogP contribution in [0.5, 0.6) is 0 Å². The lowest BCUT2D eigenvalue weighted by atomic mass is 10.0. The van der Waals surface area contributed by atoms with Crippen molar-refractivity contribution < 1.29 is 18.8 Å². The van der Waals surface area contributed by atoms with Crippen LogP contribution in [0.2, 0.25) is 10.0 Å². The number of halogens is 3. The van der Waals surface area contributed by atoms with Crippen LogP contribution in [0.4, 0.5) is 20.6 Å². The summed E-state index contributed by atoms with van der Waals surface area (Å²) in [6.45, 7) is 3.35. The van der Waals surface area contributed by atoms with Gasteiger partial charge in [-0.25, -0.2) is 14.1 Å². The summed E-state index contributed by atoms with van der Waals surface area (Å²) in [5, 5.41) is 2.53. The summed E-state index contributed by atoms with van der Waals surface area (Å²) in [4.78, 5) is 40.5. The van der Waals surface area contributed by atoms with Gasteiger partial charge in [0.15, 0.2) is 0 Å². The molecule has 0 radical (unpaired) electrons. The lowest BCUT2D eigenvalue weighted by Crippen LogP contribution is -2.54. The normalized spacial score (nSPS) is 18.2. The van der Waals surface area contributed by atoms with Crippen LogP contribution >= 0.6 is 23.2 Å². The second kappa shape index (κ2) is 8.32. The molecule has 1 N–H and O–H groups in total. The molecule has 0 aliphatic carbocycles. The Hall–Kier alpha value is -2.90. The van der Waals surface area contributed by atoms with E-state index in [1.54, 1.807) is 13.0 Å². The Morgan fingerprint density at radius 3 is 2.42 bits per heavy atom. The first kappa shape index (κ1) is 21.3. The molecule has 0 spiro atoms. The van der Waals surface area contributed by atoms with Crippen molar-refractivity contribution in [3.8, 4) is 0 Å². The molecule has 2 saturated heterocycles. The molecule has 4 amide bonds. The van der Waals surface area contributed by atoms with Gasteiger partial charge in [0.2, 0.25) is 0 Å². The van der Waals surface area contributed by atoms with E-state index in [0.29, 0.717) is 21.8 Å². The van der Waals surface area contributed by atoms with Gasteiger partial charge >= 0.3 is 6.03 Å². The van der Waals surface area contributed by atoms with Crippen molar-refractivity contribution in [2.45, 2.75) is 19.8 Å². The highest BCUT2D eigenvalue weighted by Crippen LogP contribution is 2.32. The number of nitrogens with zero attached hydrogens (tertiary/aromatic N) is 2. The van der Waals surface area contributed by atoms with Crippen LogP contribution in [0.3, 0.4) is 0 Å². The predicted octanol–water partition coefficient (Wildman–Crippen LogP) is 4.71. The van der Waals surface area contributed by atoms with Gasteiger partial charge in [0.05, 0.1) is 16.4 Å². The van der Waals surface area contributed by atoms with E-state index in [0.717, 1.165) is 30.8 Å². The quantitative estimate of drug-likeness (QED) is 0.530. The number of urea groups is 1. The van der Waals surface area contributed by atoms with Crippen LogP contribution in [0, 0.1) is 12.7 Å². The second-order valence-corrected chi connectivity index (χ2v) is 8.25. The molecule has 160 valence electrons. The average Bonchev–Trinajstić information content (AvgIpc) is 3.23. The van der Waals surface area contributed by atoms with Crippen molar-refractivity contribution >= 4 is 58.5 Å². The first-order chi connectivity index (χ1) is 14.8. The molecule has 0 aromatic heterocycles. The smallest absolute Gasteiger partial charge is 0.335 e. The van der Waals surface area contributed by atoms with Crippen LogP contribution in [0.25, 0.3) is 6.08 Å². The zero-order chi connectivity index (χ0) is 22.3. The Morgan fingerprint density at radius 1 is 1.03 bits per heavy atom. The number of benzene rings is 2. The van der Waals surface area contributed by atoms with E-state index in [-0.39, 0.29) is 16.3 Å². The van der Waals surface area contributed by atoms with Crippen molar-refractivity contribution in [1.82, 2.24) is 5.32 Å². The minimum Gasteiger partial charge on any atom is -0.369 e. The number of hydrogen-bond acceptors (Lipinski definition) is 4. The first-order valence-electron chi connectivity index (χ1n) is 9.68. The molecule has 2 aromatic carbocycles. The van der Waals surface area contributed by atoms with E-state index in [9.17, 15) is 18.8 Å². The monoisotopic (exact) mass is 461 g/mol. The van der Waals surface area contributed by atoms with E-state index < -0.39 is 23.7 Å². The molecule has 2 aromatic rings. The molecule has 0 saturated carbocycles. The van der Waals surface area contributed by atoms with Crippen LogP contribution in [-0.4, -0.2) is 30.9 Å². The molecule has 2 aliphatic rings. The van der Waals surface area contributed by atoms with Gasteiger partial charge in [0.25, 0.3) is 11.8 Å². The molecule has 2 aliphatic heterocycles. The van der Waals surface area contributed by atoms with Gasteiger partial charge in [-0.2, -0.15) is 0 Å². The van der Waals surface area contributed by atoms with Crippen molar-refractivity contribution in [3.05, 3.63) is 62.9 Å². The van der Waals surface area contributed by atoms with E-state index in [1.807, 2.05) is 4.90 Å². The lowest BCUT2D eigenvalue weighted by Gasteiger charge is -2.27. The summed E-state index contributed by atoms with van der Waals surface area (Å²) in [6.07, 6.45) is 3.30. The number of nitrogens with one attached hydrogen (secondary N) is 1. The first-order valence-corrected chi connectivity index (χ1v) is 10.4. The van der Waals surface area contributed by atoms with Crippen LogP contribution in [0.1, 0.15) is 24.0 Å². The standard InChI is InChI=1S/C22H18Cl2FN3O3/c1-12-8-19(27-6-2-3-7-27)17(25)10-13(12)9-15-20(29)26-22(31)28(21(15)30)18-5-4-14(23)11-16(18)24/h4-5,8-11H,2-3,6-7H2,1H3,(H,26,29,31). The second-order valence-electron chi connectivity index (χ2n) is 7.41. The summed E-state index contributed by atoms with van der Waals surface area (Å²) in [5.74, 6) is -2.15. The highest BCUT2D eigenvalue weighted by atomic mass is 35.5. The summed E-state index contributed by atoms with van der Waals surface area (Å²) < 4.78 is 14.8. The number of anilines is 2. The van der Waals surface area contributed by atoms with Crippen LogP contribution in [-0.2, 0) is 9.59 Å². The molecule has 31 heavy (non-hydrogen) atoms. The zero-order valence-electron chi connectivity index (χ0n) is 16.5. The molecule has 0 bridgehead atoms. The minimum absolute atomic E-state index is 0.0712. The molecule has 0 unspecified atom stereocenters. The summed E-state index contributed by atoms with van der Waals surface area (Å²) in [6, 6.07) is 6.34. The molecule has 0 atom stereocenters. The zero-order valence-corrected chi connectivity index (χ0v) is 18.1. The van der Waals surface area contributed by atoms with Gasteiger partial charge in [-0.1, -0.05) is 23.2 Å². The van der Waals surface area contributed by atoms with Gasteiger partial charge in [0, 0.05) is 18.1 Å². The Bertz CT molecular complexity index is 1140. The summed E-state index contributed by atoms with van der Waals surface area (Å²) in [5.41, 5.74) is 1.35. The molecule has 2 heterocycles. The van der Waals surface area contributed by atoms with Crippen molar-refractivity contribution in [3.63, 3.8) is 0 Å².